The molecule has 4 rings (SSSR count). The lowest BCUT2D eigenvalue weighted by Crippen LogP contribution is -2.45. The summed E-state index contributed by atoms with van der Waals surface area (Å²) in [6, 6.07) is 16.4. The van der Waals surface area contributed by atoms with Gasteiger partial charge in [0, 0.05) is 66.7 Å². The van der Waals surface area contributed by atoms with Crippen molar-refractivity contribution < 1.29 is 5.11 Å². The van der Waals surface area contributed by atoms with Gasteiger partial charge >= 0.3 is 0 Å². The minimum atomic E-state index is -0.448. The molecule has 0 aliphatic carbocycles. The van der Waals surface area contributed by atoms with Crippen LogP contribution < -0.4 is 4.90 Å². The maximum Gasteiger partial charge on any atom is 0.0941 e. The molecule has 150 valence electrons. The summed E-state index contributed by atoms with van der Waals surface area (Å²) in [6.07, 6.45) is -0.448. The van der Waals surface area contributed by atoms with Crippen molar-refractivity contribution in [2.75, 3.05) is 50.5 Å². The molecule has 2 saturated heterocycles. The maximum atomic E-state index is 11.2. The number of aliphatic hydroxyl groups is 1. The second-order valence-electron chi connectivity index (χ2n) is 7.77. The number of thioether (sulfide) groups is 1. The van der Waals surface area contributed by atoms with E-state index in [-0.39, 0.29) is 5.25 Å². The molecule has 28 heavy (non-hydrogen) atoms. The van der Waals surface area contributed by atoms with Gasteiger partial charge < -0.3 is 14.9 Å². The minimum absolute atomic E-state index is 0.195. The van der Waals surface area contributed by atoms with E-state index in [1.165, 1.54) is 11.3 Å². The summed E-state index contributed by atoms with van der Waals surface area (Å²) in [5.41, 5.74) is 3.52. The molecule has 1 N–H and O–H groups in total. The lowest BCUT2D eigenvalue weighted by atomic mass is 10.0. The highest BCUT2D eigenvalue weighted by atomic mass is 35.5. The third kappa shape index (κ3) is 4.66. The number of anilines is 1. The fraction of sp³-hybridized carbons (Fsp3) is 0.455. The summed E-state index contributed by atoms with van der Waals surface area (Å²) in [5, 5.41) is 12.2. The summed E-state index contributed by atoms with van der Waals surface area (Å²) in [4.78, 5) is 7.18. The Morgan fingerprint density at radius 3 is 2.54 bits per heavy atom. The summed E-state index contributed by atoms with van der Waals surface area (Å²) in [6.45, 7) is 5.95. The van der Waals surface area contributed by atoms with Crippen LogP contribution in [0.2, 0.25) is 5.02 Å². The van der Waals surface area contributed by atoms with E-state index in [2.05, 4.69) is 52.1 Å². The Kier molecular flexibility index (Phi) is 6.48. The van der Waals surface area contributed by atoms with Crippen molar-refractivity contribution in [3.05, 3.63) is 64.7 Å². The average Bonchev–Trinajstić information content (AvgIpc) is 3.18. The topological polar surface area (TPSA) is 30.0 Å². The number of para-hydroxylation sites is 1. The van der Waals surface area contributed by atoms with Crippen molar-refractivity contribution in [2.45, 2.75) is 17.9 Å². The molecular weight excluding hydrogens is 390 g/mol. The zero-order valence-corrected chi connectivity index (χ0v) is 17.9. The molecular formula is C22H28ClN3OS. The van der Waals surface area contributed by atoms with E-state index in [9.17, 15) is 5.11 Å². The zero-order chi connectivity index (χ0) is 19.5. The average molecular weight is 418 g/mol. The third-order valence-corrected chi connectivity index (χ3v) is 7.28. The van der Waals surface area contributed by atoms with Gasteiger partial charge in [-0.3, -0.25) is 4.90 Å². The highest BCUT2D eigenvalue weighted by Gasteiger charge is 2.32. The van der Waals surface area contributed by atoms with E-state index in [0.29, 0.717) is 0 Å². The van der Waals surface area contributed by atoms with Crippen molar-refractivity contribution in [1.82, 2.24) is 9.80 Å². The molecule has 6 heteroatoms. The van der Waals surface area contributed by atoms with Crippen LogP contribution in [0, 0.1) is 0 Å². The van der Waals surface area contributed by atoms with E-state index in [1.807, 2.05) is 30.0 Å². The first-order valence-electron chi connectivity index (χ1n) is 9.89. The second kappa shape index (κ2) is 9.06. The summed E-state index contributed by atoms with van der Waals surface area (Å²) in [7, 11) is 2.17. The van der Waals surface area contributed by atoms with Crippen LogP contribution in [0.5, 0.6) is 0 Å². The number of rotatable bonds is 5. The Balaban J connectivity index is 1.42. The molecule has 0 amide bonds. The first kappa shape index (κ1) is 20.0. The maximum absolute atomic E-state index is 11.2. The number of nitrogens with zero attached hydrogens (tertiary/aromatic N) is 3. The van der Waals surface area contributed by atoms with Gasteiger partial charge in [-0.2, -0.15) is 0 Å². The Hall–Kier alpha value is -1.24. The number of benzene rings is 2. The van der Waals surface area contributed by atoms with Crippen LogP contribution in [0.4, 0.5) is 5.69 Å². The molecule has 0 radical (unpaired) electrons. The van der Waals surface area contributed by atoms with Crippen molar-refractivity contribution in [3.63, 3.8) is 0 Å². The summed E-state index contributed by atoms with van der Waals surface area (Å²) < 4.78 is 0. The van der Waals surface area contributed by atoms with Gasteiger partial charge in [0.05, 0.1) is 6.10 Å². The summed E-state index contributed by atoms with van der Waals surface area (Å²) in [5.74, 6) is 0.945. The van der Waals surface area contributed by atoms with Crippen LogP contribution in [0.3, 0.4) is 0 Å². The normalized spacial score (nSPS) is 22.5. The molecule has 2 aromatic carbocycles. The molecule has 2 fully saturated rings. The van der Waals surface area contributed by atoms with Crippen molar-refractivity contribution in [2.24, 2.45) is 0 Å². The Labute approximate surface area is 177 Å². The van der Waals surface area contributed by atoms with E-state index >= 15 is 0 Å². The van der Waals surface area contributed by atoms with Gasteiger partial charge in [-0.25, -0.2) is 0 Å². The lowest BCUT2D eigenvalue weighted by Gasteiger charge is -2.36. The molecule has 2 aliphatic heterocycles. The SMILES string of the molecule is CN1CCN(c2ccccc2C(O)C2CN(Cc3ccc(Cl)cc3)CS2)CC1. The molecule has 2 heterocycles. The zero-order valence-electron chi connectivity index (χ0n) is 16.3. The van der Waals surface area contributed by atoms with Gasteiger partial charge in [0.25, 0.3) is 0 Å². The van der Waals surface area contributed by atoms with Gasteiger partial charge in [0.1, 0.15) is 0 Å². The third-order valence-electron chi connectivity index (χ3n) is 5.68. The van der Waals surface area contributed by atoms with E-state index < -0.39 is 6.10 Å². The van der Waals surface area contributed by atoms with Gasteiger partial charge in [-0.05, 0) is 30.8 Å². The molecule has 4 nitrogen and oxygen atoms in total. The Bertz CT molecular complexity index is 780. The fourth-order valence-corrected chi connectivity index (χ4v) is 5.35. The van der Waals surface area contributed by atoms with E-state index in [1.54, 1.807) is 0 Å². The van der Waals surface area contributed by atoms with Crippen molar-refractivity contribution in [1.29, 1.82) is 0 Å². The lowest BCUT2D eigenvalue weighted by molar-refractivity contribution is 0.161. The monoisotopic (exact) mass is 417 g/mol. The number of hydrogen-bond donors (Lipinski definition) is 1. The van der Waals surface area contributed by atoms with E-state index in [4.69, 9.17) is 11.6 Å². The van der Waals surface area contributed by atoms with Crippen LogP contribution in [0.1, 0.15) is 17.2 Å². The molecule has 2 atom stereocenters. The molecule has 0 aromatic heterocycles. The molecule has 2 unspecified atom stereocenters. The minimum Gasteiger partial charge on any atom is -0.387 e. The Morgan fingerprint density at radius 1 is 1.07 bits per heavy atom. The Morgan fingerprint density at radius 2 is 1.79 bits per heavy atom. The van der Waals surface area contributed by atoms with Crippen LogP contribution in [0.25, 0.3) is 0 Å². The van der Waals surface area contributed by atoms with Crippen molar-refractivity contribution >= 4 is 29.1 Å². The summed E-state index contributed by atoms with van der Waals surface area (Å²) >= 11 is 7.84. The fourth-order valence-electron chi connectivity index (χ4n) is 3.98. The van der Waals surface area contributed by atoms with Gasteiger partial charge in [-0.15, -0.1) is 11.8 Å². The van der Waals surface area contributed by atoms with Crippen molar-refractivity contribution in [3.8, 4) is 0 Å². The standard InChI is InChI=1S/C22H28ClN3OS/c1-24-10-12-26(13-11-24)20-5-3-2-4-19(20)22(27)21-15-25(16-28-21)14-17-6-8-18(23)9-7-17/h2-9,21-22,27H,10-16H2,1H3. The number of aliphatic hydroxyl groups excluding tert-OH is 1. The molecule has 0 bridgehead atoms. The molecule has 2 aromatic rings. The molecule has 2 aliphatic rings. The molecule has 0 spiro atoms. The van der Waals surface area contributed by atoms with Gasteiger partial charge in [-0.1, -0.05) is 41.9 Å². The molecule has 0 saturated carbocycles. The van der Waals surface area contributed by atoms with Gasteiger partial charge in [0.15, 0.2) is 0 Å². The number of piperazine rings is 1. The second-order valence-corrected chi connectivity index (χ2v) is 9.40. The first-order valence-corrected chi connectivity index (χ1v) is 11.3. The number of halogens is 1. The van der Waals surface area contributed by atoms with E-state index in [0.717, 1.165) is 55.7 Å². The quantitative estimate of drug-likeness (QED) is 0.801. The largest absolute Gasteiger partial charge is 0.387 e. The van der Waals surface area contributed by atoms with Crippen LogP contribution in [-0.2, 0) is 6.54 Å². The predicted octanol–water partition coefficient (Wildman–Crippen LogP) is 3.70. The highest BCUT2D eigenvalue weighted by molar-refractivity contribution is 8.00. The predicted molar refractivity (Wildman–Crippen MR) is 119 cm³/mol. The highest BCUT2D eigenvalue weighted by Crippen LogP contribution is 2.37. The van der Waals surface area contributed by atoms with Crippen LogP contribution >= 0.6 is 23.4 Å². The number of hydrogen-bond acceptors (Lipinski definition) is 5. The van der Waals surface area contributed by atoms with Crippen LogP contribution in [0.15, 0.2) is 48.5 Å². The smallest absolute Gasteiger partial charge is 0.0941 e. The first-order chi connectivity index (χ1) is 13.6. The van der Waals surface area contributed by atoms with Gasteiger partial charge in [0.2, 0.25) is 0 Å². The van der Waals surface area contributed by atoms with Crippen LogP contribution in [-0.4, -0.2) is 65.8 Å². The number of likely N-dealkylation sites (N-methyl/N-ethyl adjacent to an activating group) is 1.